The van der Waals surface area contributed by atoms with Crippen molar-refractivity contribution in [1.82, 2.24) is 19.6 Å². The van der Waals surface area contributed by atoms with Gasteiger partial charge in [0, 0.05) is 12.2 Å². The van der Waals surface area contributed by atoms with Crippen molar-refractivity contribution in [2.45, 2.75) is 54.6 Å². The molecule has 2 aromatic heterocycles. The van der Waals surface area contributed by atoms with E-state index in [0.29, 0.717) is 12.1 Å². The normalized spacial score (nSPS) is 11.0. The van der Waals surface area contributed by atoms with Crippen molar-refractivity contribution in [3.8, 4) is 0 Å². The molecule has 1 amide bonds. The molecule has 0 unspecified atom stereocenters. The standard InChI is InChI=1S/C21H27N5O/c1-7-25-16(5)19(14(3)23-25)21(27)22-20-15(4)24-26(17(20)6)12-18-11-9-8-10-13(18)2/h8-11H,7,12H2,1-6H3,(H,22,27). The molecule has 1 N–H and O–H groups in total. The molecule has 0 fully saturated rings. The summed E-state index contributed by atoms with van der Waals surface area (Å²) in [6, 6.07) is 8.27. The minimum Gasteiger partial charge on any atom is -0.319 e. The van der Waals surface area contributed by atoms with Gasteiger partial charge in [0.1, 0.15) is 0 Å². The first-order valence-corrected chi connectivity index (χ1v) is 9.27. The number of anilines is 1. The van der Waals surface area contributed by atoms with Crippen molar-refractivity contribution in [3.05, 3.63) is 63.7 Å². The number of hydrogen-bond acceptors (Lipinski definition) is 3. The second kappa shape index (κ2) is 7.39. The molecule has 27 heavy (non-hydrogen) atoms. The Morgan fingerprint density at radius 2 is 1.63 bits per heavy atom. The average Bonchev–Trinajstić information content (AvgIpc) is 3.06. The van der Waals surface area contributed by atoms with Gasteiger partial charge in [-0.3, -0.25) is 14.2 Å². The number of aryl methyl sites for hydroxylation is 4. The summed E-state index contributed by atoms with van der Waals surface area (Å²) in [6.07, 6.45) is 0. The number of hydrogen-bond donors (Lipinski definition) is 1. The van der Waals surface area contributed by atoms with Crippen LogP contribution in [0.5, 0.6) is 0 Å². The number of aromatic nitrogens is 4. The first-order valence-electron chi connectivity index (χ1n) is 9.27. The van der Waals surface area contributed by atoms with E-state index in [2.05, 4.69) is 34.6 Å². The highest BCUT2D eigenvalue weighted by atomic mass is 16.1. The van der Waals surface area contributed by atoms with Crippen LogP contribution < -0.4 is 5.32 Å². The SMILES string of the molecule is CCn1nc(C)c(C(=O)Nc2c(C)nn(Cc3ccccc3C)c2C)c1C. The molecular weight excluding hydrogens is 338 g/mol. The smallest absolute Gasteiger partial charge is 0.259 e. The number of carbonyl (C=O) groups is 1. The molecule has 3 aromatic rings. The minimum absolute atomic E-state index is 0.133. The van der Waals surface area contributed by atoms with Crippen LogP contribution in [-0.4, -0.2) is 25.5 Å². The van der Waals surface area contributed by atoms with Crippen LogP contribution >= 0.6 is 0 Å². The van der Waals surface area contributed by atoms with Crippen LogP contribution in [0.15, 0.2) is 24.3 Å². The molecule has 6 heteroatoms. The van der Waals surface area contributed by atoms with Crippen LogP contribution in [0, 0.1) is 34.6 Å². The number of benzene rings is 1. The Labute approximate surface area is 160 Å². The average molecular weight is 365 g/mol. The van der Waals surface area contributed by atoms with Gasteiger partial charge in [-0.15, -0.1) is 0 Å². The van der Waals surface area contributed by atoms with Gasteiger partial charge >= 0.3 is 0 Å². The summed E-state index contributed by atoms with van der Waals surface area (Å²) in [6.45, 7) is 13.3. The molecule has 0 aliphatic carbocycles. The van der Waals surface area contributed by atoms with Gasteiger partial charge in [-0.2, -0.15) is 10.2 Å². The minimum atomic E-state index is -0.133. The second-order valence-electron chi connectivity index (χ2n) is 6.95. The number of carbonyl (C=O) groups excluding carboxylic acids is 1. The van der Waals surface area contributed by atoms with Crippen LogP contribution in [-0.2, 0) is 13.1 Å². The van der Waals surface area contributed by atoms with Crippen molar-refractivity contribution < 1.29 is 4.79 Å². The number of rotatable bonds is 5. The van der Waals surface area contributed by atoms with Crippen molar-refractivity contribution in [3.63, 3.8) is 0 Å². The molecule has 1 aromatic carbocycles. The topological polar surface area (TPSA) is 64.7 Å². The number of nitrogens with zero attached hydrogens (tertiary/aromatic N) is 4. The zero-order chi connectivity index (χ0) is 19.7. The van der Waals surface area contributed by atoms with E-state index < -0.39 is 0 Å². The summed E-state index contributed by atoms with van der Waals surface area (Å²) < 4.78 is 3.80. The molecule has 0 atom stereocenters. The highest BCUT2D eigenvalue weighted by molar-refractivity contribution is 6.06. The lowest BCUT2D eigenvalue weighted by atomic mass is 10.1. The van der Waals surface area contributed by atoms with E-state index in [0.717, 1.165) is 35.0 Å². The van der Waals surface area contributed by atoms with Gasteiger partial charge in [-0.05, 0) is 52.7 Å². The predicted octanol–water partition coefficient (Wildman–Crippen LogP) is 3.94. The molecular formula is C21H27N5O. The molecule has 2 heterocycles. The fourth-order valence-corrected chi connectivity index (χ4v) is 3.49. The Morgan fingerprint density at radius 3 is 2.26 bits per heavy atom. The molecule has 0 radical (unpaired) electrons. The molecule has 0 saturated carbocycles. The molecule has 0 aliphatic rings. The summed E-state index contributed by atoms with van der Waals surface area (Å²) in [5.74, 6) is -0.133. The maximum absolute atomic E-state index is 12.9. The van der Waals surface area contributed by atoms with Gasteiger partial charge in [-0.25, -0.2) is 0 Å². The lowest BCUT2D eigenvalue weighted by Gasteiger charge is -2.09. The van der Waals surface area contributed by atoms with Crippen LogP contribution in [0.2, 0.25) is 0 Å². The van der Waals surface area contributed by atoms with Crippen molar-refractivity contribution in [2.24, 2.45) is 0 Å². The fraction of sp³-hybridized carbons (Fsp3) is 0.381. The monoisotopic (exact) mass is 365 g/mol. The van der Waals surface area contributed by atoms with Gasteiger partial charge in [0.25, 0.3) is 5.91 Å². The summed E-state index contributed by atoms with van der Waals surface area (Å²) in [5.41, 5.74) is 7.25. The molecule has 0 aliphatic heterocycles. The molecule has 0 saturated heterocycles. The Balaban J connectivity index is 1.88. The van der Waals surface area contributed by atoms with Crippen LogP contribution in [0.3, 0.4) is 0 Å². The van der Waals surface area contributed by atoms with Crippen molar-refractivity contribution in [1.29, 1.82) is 0 Å². The third-order valence-electron chi connectivity index (χ3n) is 5.11. The highest BCUT2D eigenvalue weighted by Crippen LogP contribution is 2.23. The van der Waals surface area contributed by atoms with Gasteiger partial charge in [0.15, 0.2) is 0 Å². The van der Waals surface area contributed by atoms with Gasteiger partial charge in [0.2, 0.25) is 0 Å². The van der Waals surface area contributed by atoms with E-state index in [9.17, 15) is 4.79 Å². The lowest BCUT2D eigenvalue weighted by Crippen LogP contribution is -2.15. The maximum atomic E-state index is 12.9. The quantitative estimate of drug-likeness (QED) is 0.745. The van der Waals surface area contributed by atoms with Gasteiger partial charge in [-0.1, -0.05) is 24.3 Å². The van der Waals surface area contributed by atoms with E-state index in [4.69, 9.17) is 0 Å². The Kier molecular flexibility index (Phi) is 5.17. The first kappa shape index (κ1) is 18.9. The van der Waals surface area contributed by atoms with E-state index in [1.165, 1.54) is 11.1 Å². The lowest BCUT2D eigenvalue weighted by molar-refractivity contribution is 0.102. The third-order valence-corrected chi connectivity index (χ3v) is 5.11. The van der Waals surface area contributed by atoms with Crippen molar-refractivity contribution in [2.75, 3.05) is 5.32 Å². The summed E-state index contributed by atoms with van der Waals surface area (Å²) >= 11 is 0. The van der Waals surface area contributed by atoms with Gasteiger partial charge < -0.3 is 5.32 Å². The van der Waals surface area contributed by atoms with Crippen LogP contribution in [0.4, 0.5) is 5.69 Å². The molecule has 6 nitrogen and oxygen atoms in total. The molecule has 0 bridgehead atoms. The molecule has 142 valence electrons. The van der Waals surface area contributed by atoms with Crippen LogP contribution in [0.25, 0.3) is 0 Å². The first-order chi connectivity index (χ1) is 12.8. The molecule has 0 spiro atoms. The summed E-state index contributed by atoms with van der Waals surface area (Å²) in [7, 11) is 0. The van der Waals surface area contributed by atoms with Crippen LogP contribution in [0.1, 0.15) is 51.2 Å². The fourth-order valence-electron chi connectivity index (χ4n) is 3.49. The predicted molar refractivity (Wildman–Crippen MR) is 107 cm³/mol. The number of nitrogens with one attached hydrogen (secondary N) is 1. The summed E-state index contributed by atoms with van der Waals surface area (Å²) in [5, 5.41) is 12.1. The highest BCUT2D eigenvalue weighted by Gasteiger charge is 2.21. The number of amides is 1. The maximum Gasteiger partial charge on any atom is 0.259 e. The van der Waals surface area contributed by atoms with E-state index in [1.807, 2.05) is 56.1 Å². The third kappa shape index (κ3) is 3.52. The zero-order valence-corrected chi connectivity index (χ0v) is 16.9. The zero-order valence-electron chi connectivity index (χ0n) is 16.9. The van der Waals surface area contributed by atoms with E-state index in [1.54, 1.807) is 0 Å². The Morgan fingerprint density at radius 1 is 0.963 bits per heavy atom. The second-order valence-corrected chi connectivity index (χ2v) is 6.95. The van der Waals surface area contributed by atoms with Gasteiger partial charge in [0.05, 0.1) is 34.9 Å². The van der Waals surface area contributed by atoms with Crippen molar-refractivity contribution >= 4 is 11.6 Å². The van der Waals surface area contributed by atoms with E-state index >= 15 is 0 Å². The largest absolute Gasteiger partial charge is 0.319 e. The Hall–Kier alpha value is -2.89. The Bertz CT molecular complexity index is 996. The molecule has 3 rings (SSSR count). The summed E-state index contributed by atoms with van der Waals surface area (Å²) in [4.78, 5) is 12.9. The van der Waals surface area contributed by atoms with E-state index in [-0.39, 0.29) is 5.91 Å².